The number of halogens is 1. The lowest BCUT2D eigenvalue weighted by molar-refractivity contribution is 0.102. The van der Waals surface area contributed by atoms with Gasteiger partial charge in [0.1, 0.15) is 0 Å². The van der Waals surface area contributed by atoms with Crippen molar-refractivity contribution in [3.05, 3.63) is 65.1 Å². The quantitative estimate of drug-likeness (QED) is 0.782. The summed E-state index contributed by atoms with van der Waals surface area (Å²) in [5.41, 5.74) is 2.70. The first-order chi connectivity index (χ1) is 10.1. The van der Waals surface area contributed by atoms with Crippen LogP contribution in [0.5, 0.6) is 0 Å². The number of aromatic nitrogens is 2. The van der Waals surface area contributed by atoms with E-state index in [1.807, 2.05) is 37.3 Å². The minimum atomic E-state index is -0.279. The van der Waals surface area contributed by atoms with Crippen LogP contribution in [0, 0.1) is 6.92 Å². The van der Waals surface area contributed by atoms with E-state index in [0.29, 0.717) is 16.3 Å². The van der Waals surface area contributed by atoms with E-state index < -0.39 is 0 Å². The highest BCUT2D eigenvalue weighted by Gasteiger charge is 2.12. The van der Waals surface area contributed by atoms with Crippen LogP contribution in [0.3, 0.4) is 0 Å². The second-order valence-electron chi connectivity index (χ2n) is 4.64. The van der Waals surface area contributed by atoms with E-state index in [9.17, 15) is 4.79 Å². The van der Waals surface area contributed by atoms with Crippen molar-refractivity contribution in [1.29, 1.82) is 0 Å². The molecule has 0 fully saturated rings. The average Bonchev–Trinajstić information content (AvgIpc) is 2.48. The van der Waals surface area contributed by atoms with Crippen molar-refractivity contribution in [2.24, 2.45) is 0 Å². The zero-order chi connectivity index (χ0) is 14.8. The van der Waals surface area contributed by atoms with Gasteiger partial charge in [0.15, 0.2) is 0 Å². The SMILES string of the molecule is Cc1ccc2cccc(NC(=O)c3ccncc3Cl)c2n1. The highest BCUT2D eigenvalue weighted by molar-refractivity contribution is 6.34. The molecule has 0 saturated carbocycles. The lowest BCUT2D eigenvalue weighted by Crippen LogP contribution is -2.13. The Balaban J connectivity index is 2.00. The third-order valence-corrected chi connectivity index (χ3v) is 3.43. The Labute approximate surface area is 126 Å². The number of amides is 1. The zero-order valence-electron chi connectivity index (χ0n) is 11.3. The number of benzene rings is 1. The summed E-state index contributed by atoms with van der Waals surface area (Å²) in [5.74, 6) is -0.279. The summed E-state index contributed by atoms with van der Waals surface area (Å²) in [6.45, 7) is 1.91. The van der Waals surface area contributed by atoms with E-state index in [1.165, 1.54) is 12.4 Å². The predicted octanol–water partition coefficient (Wildman–Crippen LogP) is 3.84. The fourth-order valence-electron chi connectivity index (χ4n) is 2.09. The van der Waals surface area contributed by atoms with Gasteiger partial charge in [0.2, 0.25) is 0 Å². The van der Waals surface area contributed by atoms with E-state index in [0.717, 1.165) is 16.6 Å². The number of fused-ring (bicyclic) bond motifs is 1. The monoisotopic (exact) mass is 297 g/mol. The Hall–Kier alpha value is -2.46. The average molecular weight is 298 g/mol. The number of pyridine rings is 2. The standard InChI is InChI=1S/C16H12ClN3O/c1-10-5-6-11-3-2-4-14(15(11)19-10)20-16(21)12-7-8-18-9-13(12)17/h2-9H,1H3,(H,20,21). The van der Waals surface area contributed by atoms with Gasteiger partial charge in [-0.25, -0.2) is 0 Å². The van der Waals surface area contributed by atoms with Gasteiger partial charge in [-0.1, -0.05) is 29.8 Å². The third kappa shape index (κ3) is 2.71. The molecule has 1 N–H and O–H groups in total. The number of carbonyl (C=O) groups excluding carboxylic acids is 1. The minimum absolute atomic E-state index is 0.279. The molecule has 0 spiro atoms. The van der Waals surface area contributed by atoms with Crippen LogP contribution in [0.25, 0.3) is 10.9 Å². The van der Waals surface area contributed by atoms with E-state index in [-0.39, 0.29) is 5.91 Å². The molecule has 0 bridgehead atoms. The number of anilines is 1. The molecule has 1 amide bonds. The van der Waals surface area contributed by atoms with Crippen LogP contribution in [0.1, 0.15) is 16.1 Å². The van der Waals surface area contributed by atoms with E-state index >= 15 is 0 Å². The van der Waals surface area contributed by atoms with Gasteiger partial charge in [0, 0.05) is 23.5 Å². The molecule has 1 aromatic carbocycles. The number of para-hydroxylation sites is 1. The molecule has 0 saturated heterocycles. The van der Waals surface area contributed by atoms with Crippen molar-refractivity contribution in [2.75, 3.05) is 5.32 Å². The van der Waals surface area contributed by atoms with E-state index in [1.54, 1.807) is 6.07 Å². The fourth-order valence-corrected chi connectivity index (χ4v) is 2.30. The summed E-state index contributed by atoms with van der Waals surface area (Å²) in [4.78, 5) is 20.7. The summed E-state index contributed by atoms with van der Waals surface area (Å²) < 4.78 is 0. The van der Waals surface area contributed by atoms with Gasteiger partial charge in [-0.2, -0.15) is 0 Å². The molecule has 2 heterocycles. The first-order valence-electron chi connectivity index (χ1n) is 6.42. The van der Waals surface area contributed by atoms with Gasteiger partial charge < -0.3 is 5.32 Å². The molecule has 21 heavy (non-hydrogen) atoms. The van der Waals surface area contributed by atoms with Gasteiger partial charge in [-0.15, -0.1) is 0 Å². The topological polar surface area (TPSA) is 54.9 Å². The maximum Gasteiger partial charge on any atom is 0.257 e. The van der Waals surface area contributed by atoms with Crippen LogP contribution in [0.4, 0.5) is 5.69 Å². The lowest BCUT2D eigenvalue weighted by atomic mass is 10.1. The Morgan fingerprint density at radius 3 is 2.86 bits per heavy atom. The summed E-state index contributed by atoms with van der Waals surface area (Å²) in [6.07, 6.45) is 2.98. The molecule has 3 aromatic rings. The van der Waals surface area contributed by atoms with Crippen molar-refractivity contribution >= 4 is 34.1 Å². The summed E-state index contributed by atoms with van der Waals surface area (Å²) >= 11 is 5.99. The fraction of sp³-hybridized carbons (Fsp3) is 0.0625. The molecule has 5 heteroatoms. The van der Waals surface area contributed by atoms with Crippen molar-refractivity contribution < 1.29 is 4.79 Å². The van der Waals surface area contributed by atoms with Crippen molar-refractivity contribution in [2.45, 2.75) is 6.92 Å². The number of hydrogen-bond acceptors (Lipinski definition) is 3. The Bertz CT molecular complexity index is 833. The Kier molecular flexibility index (Phi) is 3.54. The third-order valence-electron chi connectivity index (χ3n) is 3.12. The summed E-state index contributed by atoms with van der Waals surface area (Å²) in [7, 11) is 0. The number of rotatable bonds is 2. The Morgan fingerprint density at radius 2 is 2.05 bits per heavy atom. The number of nitrogens with zero attached hydrogens (tertiary/aromatic N) is 2. The molecule has 104 valence electrons. The summed E-state index contributed by atoms with van der Waals surface area (Å²) in [6, 6.07) is 11.2. The van der Waals surface area contributed by atoms with Crippen LogP contribution in [-0.2, 0) is 0 Å². The molecule has 0 aliphatic rings. The van der Waals surface area contributed by atoms with Crippen molar-refractivity contribution in [1.82, 2.24) is 9.97 Å². The molecular weight excluding hydrogens is 286 g/mol. The van der Waals surface area contributed by atoms with Gasteiger partial charge in [0.25, 0.3) is 5.91 Å². The normalized spacial score (nSPS) is 10.6. The molecule has 0 aliphatic heterocycles. The highest BCUT2D eigenvalue weighted by Crippen LogP contribution is 2.23. The van der Waals surface area contributed by atoms with Crippen LogP contribution in [0.2, 0.25) is 5.02 Å². The molecular formula is C16H12ClN3O. The molecule has 0 radical (unpaired) electrons. The van der Waals surface area contributed by atoms with E-state index in [2.05, 4.69) is 15.3 Å². The molecule has 2 aromatic heterocycles. The van der Waals surface area contributed by atoms with Crippen LogP contribution in [0.15, 0.2) is 48.8 Å². The predicted molar refractivity (Wildman–Crippen MR) is 83.7 cm³/mol. The first kappa shape index (κ1) is 13.5. The highest BCUT2D eigenvalue weighted by atomic mass is 35.5. The second kappa shape index (κ2) is 5.50. The lowest BCUT2D eigenvalue weighted by Gasteiger charge is -2.09. The van der Waals surface area contributed by atoms with Crippen LogP contribution in [-0.4, -0.2) is 15.9 Å². The Morgan fingerprint density at radius 1 is 1.19 bits per heavy atom. The van der Waals surface area contributed by atoms with Gasteiger partial charge in [-0.3, -0.25) is 14.8 Å². The van der Waals surface area contributed by atoms with Crippen molar-refractivity contribution in [3.63, 3.8) is 0 Å². The number of hydrogen-bond donors (Lipinski definition) is 1. The zero-order valence-corrected chi connectivity index (χ0v) is 12.1. The number of nitrogens with one attached hydrogen (secondary N) is 1. The largest absolute Gasteiger partial charge is 0.320 e. The molecule has 0 unspecified atom stereocenters. The van der Waals surface area contributed by atoms with Gasteiger partial charge >= 0.3 is 0 Å². The molecule has 0 aliphatic carbocycles. The van der Waals surface area contributed by atoms with Crippen LogP contribution < -0.4 is 5.32 Å². The maximum atomic E-state index is 12.3. The van der Waals surface area contributed by atoms with E-state index in [4.69, 9.17) is 11.6 Å². The summed E-state index contributed by atoms with van der Waals surface area (Å²) in [5, 5.41) is 4.15. The second-order valence-corrected chi connectivity index (χ2v) is 5.05. The molecule has 4 nitrogen and oxygen atoms in total. The van der Waals surface area contributed by atoms with Crippen LogP contribution >= 0.6 is 11.6 Å². The smallest absolute Gasteiger partial charge is 0.257 e. The maximum absolute atomic E-state index is 12.3. The van der Waals surface area contributed by atoms with Crippen molar-refractivity contribution in [3.8, 4) is 0 Å². The first-order valence-corrected chi connectivity index (χ1v) is 6.80. The molecule has 0 atom stereocenters. The minimum Gasteiger partial charge on any atom is -0.320 e. The number of carbonyl (C=O) groups is 1. The van der Waals surface area contributed by atoms with Gasteiger partial charge in [0.05, 0.1) is 21.8 Å². The molecule has 3 rings (SSSR count). The number of aryl methyl sites for hydroxylation is 1. The van der Waals surface area contributed by atoms with Gasteiger partial charge in [-0.05, 0) is 25.1 Å².